The molecule has 0 saturated carbocycles. The average molecular weight is 612 g/mol. The first-order valence-corrected chi connectivity index (χ1v) is 15.5. The van der Waals surface area contributed by atoms with Crippen molar-refractivity contribution in [3.63, 3.8) is 0 Å². The molecule has 5 heterocycles. The first-order chi connectivity index (χ1) is 20.5. The zero-order valence-electron chi connectivity index (χ0n) is 25.1. The quantitative estimate of drug-likeness (QED) is 0.400. The molecule has 3 aromatic heterocycles. The van der Waals surface area contributed by atoms with Crippen LogP contribution in [0.2, 0.25) is 0 Å². The second-order valence-electron chi connectivity index (χ2n) is 11.5. The van der Waals surface area contributed by atoms with Crippen LogP contribution in [0.3, 0.4) is 0 Å². The van der Waals surface area contributed by atoms with Crippen molar-refractivity contribution in [2.45, 2.75) is 85.0 Å². The predicted octanol–water partition coefficient (Wildman–Crippen LogP) is 3.55. The standard InChI is InChI=1S/C29H37N7O6S/c1-7-14(4)21-29(40)36-10-8-9-19(36)24(38)33-20(13(2)3)28-32-18(12-43-28)27-35-22(16(6)42-27)25(39)30-15(5)26-31-17(11-41-26)23(37)34-21/h11-15,19-21H,7-10H2,1-6H3,(H,30,39)(H,33,38)(H,34,37). The highest BCUT2D eigenvalue weighted by atomic mass is 32.1. The summed E-state index contributed by atoms with van der Waals surface area (Å²) in [6.07, 6.45) is 2.99. The molecule has 2 aliphatic heterocycles. The number of thiazole rings is 1. The number of nitrogens with zero attached hydrogens (tertiary/aromatic N) is 4. The molecule has 0 aliphatic carbocycles. The fourth-order valence-corrected chi connectivity index (χ4v) is 6.32. The maximum Gasteiger partial charge on any atom is 0.274 e. The van der Waals surface area contributed by atoms with E-state index in [1.807, 2.05) is 27.7 Å². The third-order valence-corrected chi connectivity index (χ3v) is 8.99. The molecule has 5 atom stereocenters. The minimum Gasteiger partial charge on any atom is -0.446 e. The molecule has 230 valence electrons. The summed E-state index contributed by atoms with van der Waals surface area (Å²) in [4.78, 5) is 68.9. The molecule has 5 unspecified atom stereocenters. The summed E-state index contributed by atoms with van der Waals surface area (Å²) < 4.78 is 11.3. The lowest BCUT2D eigenvalue weighted by atomic mass is 9.97. The third kappa shape index (κ3) is 6.05. The highest BCUT2D eigenvalue weighted by Gasteiger charge is 2.40. The molecule has 0 aromatic carbocycles. The van der Waals surface area contributed by atoms with Gasteiger partial charge in [0.15, 0.2) is 11.4 Å². The lowest BCUT2D eigenvalue weighted by Crippen LogP contribution is -2.55. The van der Waals surface area contributed by atoms with Crippen LogP contribution in [0.25, 0.3) is 11.6 Å². The molecule has 2 aliphatic rings. The highest BCUT2D eigenvalue weighted by molar-refractivity contribution is 7.10. The zero-order valence-corrected chi connectivity index (χ0v) is 25.9. The number of amides is 4. The van der Waals surface area contributed by atoms with Crippen LogP contribution in [-0.2, 0) is 9.59 Å². The van der Waals surface area contributed by atoms with Crippen LogP contribution in [0.4, 0.5) is 0 Å². The van der Waals surface area contributed by atoms with Gasteiger partial charge in [-0.2, -0.15) is 0 Å². The Balaban J connectivity index is 1.54. The number of aromatic nitrogens is 3. The van der Waals surface area contributed by atoms with Gasteiger partial charge in [0.25, 0.3) is 11.8 Å². The Morgan fingerprint density at radius 3 is 2.51 bits per heavy atom. The topological polar surface area (TPSA) is 173 Å². The van der Waals surface area contributed by atoms with Crippen LogP contribution in [0, 0.1) is 18.8 Å². The van der Waals surface area contributed by atoms with E-state index in [0.717, 1.165) is 0 Å². The van der Waals surface area contributed by atoms with Crippen molar-refractivity contribution in [3.8, 4) is 11.6 Å². The van der Waals surface area contributed by atoms with E-state index in [2.05, 4.69) is 25.9 Å². The van der Waals surface area contributed by atoms with Gasteiger partial charge in [-0.05, 0) is 38.5 Å². The summed E-state index contributed by atoms with van der Waals surface area (Å²) in [6, 6.07) is -2.68. The molecular formula is C29H37N7O6S. The van der Waals surface area contributed by atoms with Crippen LogP contribution in [0.15, 0.2) is 20.5 Å². The maximum absolute atomic E-state index is 13.9. The summed E-state index contributed by atoms with van der Waals surface area (Å²) in [5.74, 6) is -1.32. The number of hydrogen-bond donors (Lipinski definition) is 3. The van der Waals surface area contributed by atoms with E-state index in [1.54, 1.807) is 24.1 Å². The fraction of sp³-hybridized carbons (Fsp3) is 0.552. The number of hydrogen-bond acceptors (Lipinski definition) is 10. The molecule has 13 nitrogen and oxygen atoms in total. The smallest absolute Gasteiger partial charge is 0.274 e. The Morgan fingerprint density at radius 2 is 1.79 bits per heavy atom. The van der Waals surface area contributed by atoms with E-state index in [-0.39, 0.29) is 46.8 Å². The number of oxazole rings is 2. The molecule has 1 fully saturated rings. The van der Waals surface area contributed by atoms with Gasteiger partial charge in [0.05, 0.1) is 6.04 Å². The van der Waals surface area contributed by atoms with Gasteiger partial charge in [0.1, 0.15) is 40.9 Å². The van der Waals surface area contributed by atoms with Crippen molar-refractivity contribution in [1.29, 1.82) is 0 Å². The number of nitrogens with one attached hydrogen (secondary N) is 3. The summed E-state index contributed by atoms with van der Waals surface area (Å²) >= 11 is 1.35. The van der Waals surface area contributed by atoms with E-state index in [9.17, 15) is 19.2 Å². The Hall–Kier alpha value is -4.07. The maximum atomic E-state index is 13.9. The van der Waals surface area contributed by atoms with Crippen LogP contribution in [0.1, 0.15) is 104 Å². The number of rotatable bonds is 3. The summed E-state index contributed by atoms with van der Waals surface area (Å²) in [5.41, 5.74) is 0.492. The average Bonchev–Trinajstić information content (AvgIpc) is 3.78. The van der Waals surface area contributed by atoms with Crippen molar-refractivity contribution in [2.75, 3.05) is 6.54 Å². The van der Waals surface area contributed by atoms with E-state index >= 15 is 0 Å². The molecule has 4 amide bonds. The first kappa shape index (κ1) is 30.4. The molecular weight excluding hydrogens is 574 g/mol. The molecule has 14 heteroatoms. The Labute approximate surface area is 253 Å². The molecule has 6 bridgehead atoms. The van der Waals surface area contributed by atoms with E-state index in [1.165, 1.54) is 17.6 Å². The van der Waals surface area contributed by atoms with Crippen LogP contribution in [0.5, 0.6) is 0 Å². The molecule has 1 saturated heterocycles. The monoisotopic (exact) mass is 611 g/mol. The predicted molar refractivity (Wildman–Crippen MR) is 156 cm³/mol. The number of carbonyl (C=O) groups is 4. The van der Waals surface area contributed by atoms with Gasteiger partial charge >= 0.3 is 0 Å². The summed E-state index contributed by atoms with van der Waals surface area (Å²) in [5, 5.41) is 11.1. The van der Waals surface area contributed by atoms with Gasteiger partial charge in [-0.15, -0.1) is 11.3 Å². The van der Waals surface area contributed by atoms with E-state index in [4.69, 9.17) is 13.8 Å². The van der Waals surface area contributed by atoms with Gasteiger partial charge in [0.2, 0.25) is 23.6 Å². The Kier molecular flexibility index (Phi) is 8.67. The fourth-order valence-electron chi connectivity index (χ4n) is 5.31. The van der Waals surface area contributed by atoms with E-state index in [0.29, 0.717) is 42.3 Å². The molecule has 3 aromatic rings. The minimum atomic E-state index is -0.871. The van der Waals surface area contributed by atoms with Crippen molar-refractivity contribution < 1.29 is 28.0 Å². The molecule has 43 heavy (non-hydrogen) atoms. The lowest BCUT2D eigenvalue weighted by Gasteiger charge is -2.32. The molecule has 0 spiro atoms. The van der Waals surface area contributed by atoms with Crippen molar-refractivity contribution >= 4 is 35.0 Å². The number of carbonyl (C=O) groups excluding carboxylic acids is 4. The van der Waals surface area contributed by atoms with Gasteiger partial charge < -0.3 is 29.7 Å². The van der Waals surface area contributed by atoms with Gasteiger partial charge in [-0.3, -0.25) is 19.2 Å². The second kappa shape index (κ2) is 12.3. The van der Waals surface area contributed by atoms with Crippen LogP contribution >= 0.6 is 11.3 Å². The molecule has 3 N–H and O–H groups in total. The van der Waals surface area contributed by atoms with Crippen molar-refractivity contribution in [1.82, 2.24) is 35.8 Å². The minimum absolute atomic E-state index is 0.0106. The van der Waals surface area contributed by atoms with Gasteiger partial charge in [0, 0.05) is 11.9 Å². The normalized spacial score (nSPS) is 24.2. The molecule has 5 rings (SSSR count). The van der Waals surface area contributed by atoms with Gasteiger partial charge in [-0.25, -0.2) is 15.0 Å². The summed E-state index contributed by atoms with van der Waals surface area (Å²) in [6.45, 7) is 11.5. The first-order valence-electron chi connectivity index (χ1n) is 14.6. The van der Waals surface area contributed by atoms with Crippen molar-refractivity contribution in [3.05, 3.63) is 39.7 Å². The second-order valence-corrected chi connectivity index (χ2v) is 12.4. The van der Waals surface area contributed by atoms with E-state index < -0.39 is 36.0 Å². The van der Waals surface area contributed by atoms with Gasteiger partial charge in [-0.1, -0.05) is 34.1 Å². The van der Waals surface area contributed by atoms with Crippen LogP contribution in [-0.4, -0.2) is 62.1 Å². The Morgan fingerprint density at radius 1 is 1.02 bits per heavy atom. The lowest BCUT2D eigenvalue weighted by molar-refractivity contribution is -0.141. The SMILES string of the molecule is CCC(C)C1NC(=O)c2coc(n2)C(C)NC(=O)c2nc(oc2C)-c2csc(n2)C(C(C)C)NC(=O)C2CCCN2C1=O. The molecule has 0 radical (unpaired) electrons. The Bertz CT molecular complexity index is 1530. The highest BCUT2D eigenvalue weighted by Crippen LogP contribution is 2.31. The van der Waals surface area contributed by atoms with Crippen molar-refractivity contribution in [2.24, 2.45) is 11.8 Å². The number of aryl methyl sites for hydroxylation is 1. The van der Waals surface area contributed by atoms with Crippen LogP contribution < -0.4 is 16.0 Å². The third-order valence-electron chi connectivity index (χ3n) is 8.06. The zero-order chi connectivity index (χ0) is 31.0. The summed E-state index contributed by atoms with van der Waals surface area (Å²) in [7, 11) is 0. The largest absolute Gasteiger partial charge is 0.446 e. The number of fused-ring (bicyclic) bond motifs is 8.